The minimum atomic E-state index is 0.691. The van der Waals surface area contributed by atoms with E-state index in [1.807, 2.05) is 36.7 Å². The molecule has 0 unspecified atom stereocenters. The van der Waals surface area contributed by atoms with Crippen LogP contribution < -0.4 is 0 Å². The van der Waals surface area contributed by atoms with Gasteiger partial charge in [-0.2, -0.15) is 5.10 Å². The molecule has 0 bridgehead atoms. The molecule has 88 valence electrons. The Balaban J connectivity index is 2.64. The number of aldehydes is 1. The molecule has 1 heterocycles. The van der Waals surface area contributed by atoms with E-state index in [2.05, 4.69) is 18.1 Å². The fourth-order valence-corrected chi connectivity index (χ4v) is 2.08. The smallest absolute Gasteiger partial charge is 0.153 e. The second kappa shape index (κ2) is 4.53. The quantitative estimate of drug-likeness (QED) is 0.757. The second-order valence-electron chi connectivity index (χ2n) is 4.10. The molecule has 0 aliphatic carbocycles. The van der Waals surface area contributed by atoms with E-state index in [1.54, 1.807) is 0 Å². The van der Waals surface area contributed by atoms with Crippen molar-refractivity contribution in [2.24, 2.45) is 0 Å². The first-order chi connectivity index (χ1) is 8.19. The Bertz CT molecular complexity index is 555. The van der Waals surface area contributed by atoms with E-state index >= 15 is 0 Å². The number of nitrogens with zero attached hydrogens (tertiary/aromatic N) is 2. The molecule has 0 N–H and O–H groups in total. The lowest BCUT2D eigenvalue weighted by atomic mass is 10.1. The SMILES string of the molecule is CCc1ccccc1-n1nc(C)c(C=O)c1C. The highest BCUT2D eigenvalue weighted by atomic mass is 16.1. The van der Waals surface area contributed by atoms with Crippen LogP contribution in [0.3, 0.4) is 0 Å². The van der Waals surface area contributed by atoms with E-state index in [0.717, 1.165) is 29.8 Å². The molecular formula is C14H16N2O. The van der Waals surface area contributed by atoms with E-state index in [9.17, 15) is 4.79 Å². The van der Waals surface area contributed by atoms with Crippen molar-refractivity contribution in [3.8, 4) is 5.69 Å². The fraction of sp³-hybridized carbons (Fsp3) is 0.286. The molecule has 0 saturated heterocycles. The van der Waals surface area contributed by atoms with Crippen molar-refractivity contribution in [3.05, 3.63) is 46.8 Å². The van der Waals surface area contributed by atoms with E-state index in [1.165, 1.54) is 5.56 Å². The Kier molecular flexibility index (Phi) is 3.09. The molecule has 3 nitrogen and oxygen atoms in total. The molecule has 0 aliphatic rings. The lowest BCUT2D eigenvalue weighted by molar-refractivity contribution is 0.112. The summed E-state index contributed by atoms with van der Waals surface area (Å²) in [5, 5.41) is 4.45. The minimum Gasteiger partial charge on any atom is -0.298 e. The van der Waals surface area contributed by atoms with Crippen LogP contribution in [0, 0.1) is 13.8 Å². The van der Waals surface area contributed by atoms with Gasteiger partial charge in [-0.1, -0.05) is 25.1 Å². The summed E-state index contributed by atoms with van der Waals surface area (Å²) in [5.74, 6) is 0. The zero-order valence-electron chi connectivity index (χ0n) is 10.4. The predicted molar refractivity (Wildman–Crippen MR) is 67.8 cm³/mol. The zero-order chi connectivity index (χ0) is 12.4. The van der Waals surface area contributed by atoms with Crippen molar-refractivity contribution in [2.75, 3.05) is 0 Å². The van der Waals surface area contributed by atoms with Crippen molar-refractivity contribution in [1.29, 1.82) is 0 Å². The van der Waals surface area contributed by atoms with Crippen LogP contribution in [-0.4, -0.2) is 16.1 Å². The molecule has 2 rings (SSSR count). The van der Waals surface area contributed by atoms with Crippen molar-refractivity contribution in [2.45, 2.75) is 27.2 Å². The Morgan fingerprint density at radius 1 is 1.29 bits per heavy atom. The molecule has 0 saturated carbocycles. The average molecular weight is 228 g/mol. The lowest BCUT2D eigenvalue weighted by Crippen LogP contribution is -2.03. The minimum absolute atomic E-state index is 0.691. The summed E-state index contributed by atoms with van der Waals surface area (Å²) in [6.45, 7) is 5.91. The molecule has 3 heteroatoms. The van der Waals surface area contributed by atoms with Gasteiger partial charge in [-0.25, -0.2) is 4.68 Å². The van der Waals surface area contributed by atoms with Gasteiger partial charge in [0.15, 0.2) is 6.29 Å². The number of rotatable bonds is 3. The predicted octanol–water partition coefficient (Wildman–Crippen LogP) is 2.86. The molecule has 1 aromatic carbocycles. The van der Waals surface area contributed by atoms with Crippen LogP contribution in [0.15, 0.2) is 24.3 Å². The van der Waals surface area contributed by atoms with Crippen molar-refractivity contribution in [1.82, 2.24) is 9.78 Å². The number of benzene rings is 1. The Labute approximate surface area is 101 Å². The van der Waals surface area contributed by atoms with Crippen molar-refractivity contribution >= 4 is 6.29 Å². The standard InChI is InChI=1S/C14H16N2O/c1-4-12-7-5-6-8-14(12)16-11(3)13(9-17)10(2)15-16/h5-9H,4H2,1-3H3. The molecule has 0 fully saturated rings. The van der Waals surface area contributed by atoms with E-state index in [-0.39, 0.29) is 0 Å². The summed E-state index contributed by atoms with van der Waals surface area (Å²) in [5.41, 5.74) is 4.66. The van der Waals surface area contributed by atoms with Crippen LogP contribution in [-0.2, 0) is 6.42 Å². The third-order valence-corrected chi connectivity index (χ3v) is 3.07. The molecule has 0 spiro atoms. The van der Waals surface area contributed by atoms with Gasteiger partial charge in [-0.15, -0.1) is 0 Å². The summed E-state index contributed by atoms with van der Waals surface area (Å²) < 4.78 is 1.86. The van der Waals surface area contributed by atoms with E-state index < -0.39 is 0 Å². The van der Waals surface area contributed by atoms with Gasteiger partial charge in [0.2, 0.25) is 0 Å². The van der Waals surface area contributed by atoms with Crippen LogP contribution in [0.25, 0.3) is 5.69 Å². The molecule has 0 atom stereocenters. The first kappa shape index (κ1) is 11.6. The van der Waals surface area contributed by atoms with Gasteiger partial charge in [0.25, 0.3) is 0 Å². The largest absolute Gasteiger partial charge is 0.298 e. The summed E-state index contributed by atoms with van der Waals surface area (Å²) in [7, 11) is 0. The molecular weight excluding hydrogens is 212 g/mol. The van der Waals surface area contributed by atoms with Gasteiger partial charge in [0.05, 0.1) is 22.6 Å². The molecule has 0 amide bonds. The number of carbonyl (C=O) groups excluding carboxylic acids is 1. The van der Waals surface area contributed by atoms with Crippen LogP contribution in [0.4, 0.5) is 0 Å². The zero-order valence-corrected chi connectivity index (χ0v) is 10.4. The number of carbonyl (C=O) groups is 1. The monoisotopic (exact) mass is 228 g/mol. The van der Waals surface area contributed by atoms with Crippen molar-refractivity contribution in [3.63, 3.8) is 0 Å². The number of hydrogen-bond donors (Lipinski definition) is 0. The molecule has 2 aromatic rings. The maximum Gasteiger partial charge on any atom is 0.153 e. The van der Waals surface area contributed by atoms with E-state index in [4.69, 9.17) is 0 Å². The second-order valence-corrected chi connectivity index (χ2v) is 4.10. The summed E-state index contributed by atoms with van der Waals surface area (Å²) in [4.78, 5) is 11.0. The van der Waals surface area contributed by atoms with Crippen LogP contribution in [0.5, 0.6) is 0 Å². The Morgan fingerprint density at radius 3 is 2.59 bits per heavy atom. The fourth-order valence-electron chi connectivity index (χ4n) is 2.08. The van der Waals surface area contributed by atoms with Gasteiger partial charge in [-0.05, 0) is 31.9 Å². The molecule has 0 aliphatic heterocycles. The van der Waals surface area contributed by atoms with Gasteiger partial charge in [-0.3, -0.25) is 4.79 Å². The van der Waals surface area contributed by atoms with Gasteiger partial charge in [0, 0.05) is 0 Å². The lowest BCUT2D eigenvalue weighted by Gasteiger charge is -2.09. The Hall–Kier alpha value is -1.90. The maximum absolute atomic E-state index is 11.0. The topological polar surface area (TPSA) is 34.9 Å². The highest BCUT2D eigenvalue weighted by Crippen LogP contribution is 2.19. The van der Waals surface area contributed by atoms with Gasteiger partial charge in [0.1, 0.15) is 0 Å². The molecule has 1 aromatic heterocycles. The van der Waals surface area contributed by atoms with Crippen LogP contribution >= 0.6 is 0 Å². The number of aromatic nitrogens is 2. The average Bonchev–Trinajstić information content (AvgIpc) is 2.64. The summed E-state index contributed by atoms with van der Waals surface area (Å²) in [6.07, 6.45) is 1.83. The Morgan fingerprint density at radius 2 is 2.00 bits per heavy atom. The maximum atomic E-state index is 11.0. The van der Waals surface area contributed by atoms with Crippen LogP contribution in [0.2, 0.25) is 0 Å². The number of para-hydroxylation sites is 1. The van der Waals surface area contributed by atoms with E-state index in [0.29, 0.717) is 5.56 Å². The highest BCUT2D eigenvalue weighted by Gasteiger charge is 2.13. The van der Waals surface area contributed by atoms with Crippen LogP contribution in [0.1, 0.15) is 34.2 Å². The van der Waals surface area contributed by atoms with Gasteiger partial charge < -0.3 is 0 Å². The third kappa shape index (κ3) is 1.88. The highest BCUT2D eigenvalue weighted by molar-refractivity contribution is 5.78. The first-order valence-electron chi connectivity index (χ1n) is 5.78. The number of aryl methyl sites for hydroxylation is 2. The number of hydrogen-bond acceptors (Lipinski definition) is 2. The van der Waals surface area contributed by atoms with Crippen molar-refractivity contribution < 1.29 is 4.79 Å². The first-order valence-corrected chi connectivity index (χ1v) is 5.78. The molecule has 0 radical (unpaired) electrons. The molecule has 17 heavy (non-hydrogen) atoms. The normalized spacial score (nSPS) is 10.5. The summed E-state index contributed by atoms with van der Waals surface area (Å²) in [6, 6.07) is 8.14. The summed E-state index contributed by atoms with van der Waals surface area (Å²) >= 11 is 0. The third-order valence-electron chi connectivity index (χ3n) is 3.07. The van der Waals surface area contributed by atoms with Gasteiger partial charge >= 0.3 is 0 Å².